The van der Waals surface area contributed by atoms with Crippen LogP contribution in [0.1, 0.15) is 31.7 Å². The first kappa shape index (κ1) is 13.2. The van der Waals surface area contributed by atoms with Crippen molar-refractivity contribution in [1.82, 2.24) is 0 Å². The van der Waals surface area contributed by atoms with Gasteiger partial charge in [0, 0.05) is 6.04 Å². The first-order valence-corrected chi connectivity index (χ1v) is 6.27. The molecule has 0 saturated heterocycles. The van der Waals surface area contributed by atoms with E-state index in [1.165, 1.54) is 18.4 Å². The molecule has 1 rings (SSSR count). The molecule has 0 radical (unpaired) electrons. The molecule has 0 aliphatic carbocycles. The zero-order chi connectivity index (χ0) is 11.8. The van der Waals surface area contributed by atoms with E-state index in [4.69, 9.17) is 11.5 Å². The van der Waals surface area contributed by atoms with Crippen molar-refractivity contribution in [3.8, 4) is 0 Å². The predicted octanol–water partition coefficient (Wildman–Crippen LogP) is 2.32. The molecule has 0 aromatic heterocycles. The van der Waals surface area contributed by atoms with Crippen LogP contribution in [-0.4, -0.2) is 12.6 Å². The van der Waals surface area contributed by atoms with E-state index >= 15 is 0 Å². The van der Waals surface area contributed by atoms with Gasteiger partial charge >= 0.3 is 0 Å². The van der Waals surface area contributed by atoms with Crippen LogP contribution in [0, 0.1) is 5.92 Å². The Balaban J connectivity index is 2.48. The lowest BCUT2D eigenvalue weighted by molar-refractivity contribution is 0.396. The van der Waals surface area contributed by atoms with Crippen LogP contribution in [-0.2, 0) is 6.42 Å². The molecular formula is C14H24N2. The molecule has 0 spiro atoms. The summed E-state index contributed by atoms with van der Waals surface area (Å²) in [6, 6.07) is 10.7. The lowest BCUT2D eigenvalue weighted by Gasteiger charge is -2.22. The Kier molecular flexibility index (Phi) is 6.12. The molecule has 90 valence electrons. The maximum atomic E-state index is 6.18. The van der Waals surface area contributed by atoms with Gasteiger partial charge in [-0.25, -0.2) is 0 Å². The highest BCUT2D eigenvalue weighted by Gasteiger charge is 2.15. The summed E-state index contributed by atoms with van der Waals surface area (Å²) in [6.45, 7) is 2.88. The molecule has 0 bridgehead atoms. The molecule has 0 aliphatic heterocycles. The Labute approximate surface area is 99.0 Å². The molecule has 4 N–H and O–H groups in total. The van der Waals surface area contributed by atoms with Crippen molar-refractivity contribution in [3.63, 3.8) is 0 Å². The molecule has 2 atom stereocenters. The average molecular weight is 220 g/mol. The van der Waals surface area contributed by atoms with Crippen molar-refractivity contribution < 1.29 is 0 Å². The highest BCUT2D eigenvalue weighted by molar-refractivity contribution is 5.15. The fourth-order valence-electron chi connectivity index (χ4n) is 2.00. The van der Waals surface area contributed by atoms with Crippen molar-refractivity contribution in [2.75, 3.05) is 6.54 Å². The van der Waals surface area contributed by atoms with Crippen molar-refractivity contribution in [2.24, 2.45) is 17.4 Å². The van der Waals surface area contributed by atoms with Crippen LogP contribution in [0.3, 0.4) is 0 Å². The van der Waals surface area contributed by atoms with E-state index < -0.39 is 0 Å². The topological polar surface area (TPSA) is 52.0 Å². The van der Waals surface area contributed by atoms with Gasteiger partial charge in [-0.05, 0) is 30.9 Å². The minimum atomic E-state index is 0.241. The second-order valence-electron chi connectivity index (χ2n) is 4.49. The van der Waals surface area contributed by atoms with Gasteiger partial charge in [0.05, 0.1) is 0 Å². The molecule has 0 fully saturated rings. The third-order valence-corrected chi connectivity index (χ3v) is 3.14. The van der Waals surface area contributed by atoms with Crippen molar-refractivity contribution in [2.45, 2.75) is 38.6 Å². The third-order valence-electron chi connectivity index (χ3n) is 3.14. The van der Waals surface area contributed by atoms with Crippen LogP contribution in [0.15, 0.2) is 30.3 Å². The van der Waals surface area contributed by atoms with E-state index in [-0.39, 0.29) is 6.04 Å². The number of hydrogen-bond donors (Lipinski definition) is 2. The molecule has 0 saturated carbocycles. The van der Waals surface area contributed by atoms with Crippen molar-refractivity contribution >= 4 is 0 Å². The molecule has 2 nitrogen and oxygen atoms in total. The van der Waals surface area contributed by atoms with E-state index in [0.29, 0.717) is 12.5 Å². The van der Waals surface area contributed by atoms with Gasteiger partial charge in [-0.1, -0.05) is 50.1 Å². The van der Waals surface area contributed by atoms with Crippen LogP contribution in [0.4, 0.5) is 0 Å². The lowest BCUT2D eigenvalue weighted by Crippen LogP contribution is -2.36. The first-order valence-electron chi connectivity index (χ1n) is 6.27. The molecule has 0 amide bonds. The summed E-state index contributed by atoms with van der Waals surface area (Å²) >= 11 is 0. The Morgan fingerprint density at radius 3 is 2.44 bits per heavy atom. The fourth-order valence-corrected chi connectivity index (χ4v) is 2.00. The molecule has 0 heterocycles. The molecular weight excluding hydrogens is 196 g/mol. The Morgan fingerprint density at radius 2 is 1.88 bits per heavy atom. The van der Waals surface area contributed by atoms with Crippen LogP contribution in [0.2, 0.25) is 0 Å². The van der Waals surface area contributed by atoms with Gasteiger partial charge < -0.3 is 11.5 Å². The largest absolute Gasteiger partial charge is 0.330 e. The Morgan fingerprint density at radius 1 is 1.19 bits per heavy atom. The van der Waals surface area contributed by atoms with E-state index in [0.717, 1.165) is 12.8 Å². The normalized spacial score (nSPS) is 14.7. The predicted molar refractivity (Wildman–Crippen MR) is 70.2 cm³/mol. The summed E-state index contributed by atoms with van der Waals surface area (Å²) in [4.78, 5) is 0. The summed E-state index contributed by atoms with van der Waals surface area (Å²) in [7, 11) is 0. The minimum Gasteiger partial charge on any atom is -0.330 e. The van der Waals surface area contributed by atoms with E-state index in [1.54, 1.807) is 0 Å². The van der Waals surface area contributed by atoms with Crippen molar-refractivity contribution in [1.29, 1.82) is 0 Å². The Hall–Kier alpha value is -0.860. The maximum Gasteiger partial charge on any atom is 0.00823 e. The number of nitrogens with two attached hydrogens (primary N) is 2. The standard InChI is InChI=1S/C14H24N2/c1-2-3-9-14(16)13(11-15)10-12-7-5-4-6-8-12/h4-8,13-14H,2-3,9-11,15-16H2,1H3. The van der Waals surface area contributed by atoms with Crippen LogP contribution in [0.5, 0.6) is 0 Å². The number of benzene rings is 1. The fraction of sp³-hybridized carbons (Fsp3) is 0.571. The van der Waals surface area contributed by atoms with E-state index in [1.807, 2.05) is 6.07 Å². The summed E-state index contributed by atoms with van der Waals surface area (Å²) in [5, 5.41) is 0. The zero-order valence-electron chi connectivity index (χ0n) is 10.2. The maximum absolute atomic E-state index is 6.18. The molecule has 1 aromatic rings. The molecule has 2 heteroatoms. The van der Waals surface area contributed by atoms with Gasteiger partial charge in [-0.15, -0.1) is 0 Å². The molecule has 0 aliphatic rings. The second kappa shape index (κ2) is 7.42. The highest BCUT2D eigenvalue weighted by Crippen LogP contribution is 2.14. The van der Waals surface area contributed by atoms with Gasteiger partial charge in [0.25, 0.3) is 0 Å². The molecule has 16 heavy (non-hydrogen) atoms. The Bertz CT molecular complexity index is 271. The molecule has 2 unspecified atom stereocenters. The quantitative estimate of drug-likeness (QED) is 0.741. The van der Waals surface area contributed by atoms with Crippen LogP contribution in [0.25, 0.3) is 0 Å². The highest BCUT2D eigenvalue weighted by atomic mass is 14.7. The zero-order valence-corrected chi connectivity index (χ0v) is 10.2. The summed E-state index contributed by atoms with van der Waals surface area (Å²) in [5.74, 6) is 0.411. The lowest BCUT2D eigenvalue weighted by atomic mass is 9.90. The minimum absolute atomic E-state index is 0.241. The SMILES string of the molecule is CCCCC(N)C(CN)Cc1ccccc1. The third kappa shape index (κ3) is 4.33. The van der Waals surface area contributed by atoms with Gasteiger partial charge in [-0.3, -0.25) is 0 Å². The molecule has 1 aromatic carbocycles. The number of hydrogen-bond acceptors (Lipinski definition) is 2. The van der Waals surface area contributed by atoms with E-state index in [2.05, 4.69) is 31.2 Å². The van der Waals surface area contributed by atoms with E-state index in [9.17, 15) is 0 Å². The first-order chi connectivity index (χ1) is 7.77. The average Bonchev–Trinajstić information content (AvgIpc) is 2.34. The number of unbranched alkanes of at least 4 members (excludes halogenated alkanes) is 1. The van der Waals surface area contributed by atoms with Gasteiger partial charge in [0.15, 0.2) is 0 Å². The number of rotatable bonds is 7. The van der Waals surface area contributed by atoms with Crippen molar-refractivity contribution in [3.05, 3.63) is 35.9 Å². The van der Waals surface area contributed by atoms with Gasteiger partial charge in [0.2, 0.25) is 0 Å². The monoisotopic (exact) mass is 220 g/mol. The van der Waals surface area contributed by atoms with Crippen LogP contribution < -0.4 is 11.5 Å². The summed E-state index contributed by atoms with van der Waals surface area (Å²) in [6.07, 6.45) is 4.50. The second-order valence-corrected chi connectivity index (χ2v) is 4.49. The summed E-state index contributed by atoms with van der Waals surface area (Å²) < 4.78 is 0. The van der Waals surface area contributed by atoms with Gasteiger partial charge in [0.1, 0.15) is 0 Å². The smallest absolute Gasteiger partial charge is 0.00823 e. The van der Waals surface area contributed by atoms with Gasteiger partial charge in [-0.2, -0.15) is 0 Å². The summed E-state index contributed by atoms with van der Waals surface area (Å²) in [5.41, 5.74) is 13.3. The van der Waals surface area contributed by atoms with Crippen LogP contribution >= 0.6 is 0 Å².